The minimum Gasteiger partial charge on any atom is -0.310 e. The number of hydrogen-bond acceptors (Lipinski definition) is 4. The average molecular weight is 265 g/mol. The molecule has 5 heteroatoms. The third-order valence-electron chi connectivity index (χ3n) is 4.03. The minimum absolute atomic E-state index is 0.375. The summed E-state index contributed by atoms with van der Waals surface area (Å²) in [6, 6.07) is 0. The molecule has 1 fully saturated rings. The third kappa shape index (κ3) is 4.27. The van der Waals surface area contributed by atoms with Crippen molar-refractivity contribution >= 4 is 0 Å². The van der Waals surface area contributed by atoms with Crippen molar-refractivity contribution in [3.63, 3.8) is 0 Å². The van der Waals surface area contributed by atoms with Crippen LogP contribution in [-0.2, 0) is 13.1 Å². The molecule has 2 rings (SSSR count). The lowest BCUT2D eigenvalue weighted by molar-refractivity contribution is 0.172. The van der Waals surface area contributed by atoms with Gasteiger partial charge in [-0.2, -0.15) is 0 Å². The number of nitrogens with zero attached hydrogens (tertiary/aromatic N) is 4. The van der Waals surface area contributed by atoms with Crippen LogP contribution in [-0.4, -0.2) is 26.8 Å². The van der Waals surface area contributed by atoms with Crippen LogP contribution in [0.3, 0.4) is 0 Å². The highest BCUT2D eigenvalue weighted by Gasteiger charge is 2.28. The fraction of sp³-hybridized carbons (Fsp3) is 0.929. The summed E-state index contributed by atoms with van der Waals surface area (Å²) in [7, 11) is 0. The molecule has 0 atom stereocenters. The third-order valence-corrected chi connectivity index (χ3v) is 4.03. The summed E-state index contributed by atoms with van der Waals surface area (Å²) in [5.74, 6) is 1.62. The molecule has 0 radical (unpaired) electrons. The maximum Gasteiger partial charge on any atom is 0.165 e. The highest BCUT2D eigenvalue weighted by atomic mass is 15.5. The first-order valence-corrected chi connectivity index (χ1v) is 7.55. The Kier molecular flexibility index (Phi) is 4.91. The molecule has 0 amide bonds. The zero-order valence-electron chi connectivity index (χ0n) is 12.5. The van der Waals surface area contributed by atoms with E-state index in [4.69, 9.17) is 0 Å². The summed E-state index contributed by atoms with van der Waals surface area (Å²) < 4.78 is 2.00. The normalized spacial score (nSPS) is 18.9. The molecular formula is C14H27N5. The predicted molar refractivity (Wildman–Crippen MR) is 75.6 cm³/mol. The molecule has 1 aromatic rings. The Hall–Kier alpha value is -0.970. The summed E-state index contributed by atoms with van der Waals surface area (Å²) in [5, 5.41) is 15.6. The second-order valence-corrected chi connectivity index (χ2v) is 6.65. The van der Waals surface area contributed by atoms with Crippen LogP contribution in [0.2, 0.25) is 0 Å². The lowest BCUT2D eigenvalue weighted by Crippen LogP contribution is -2.29. The van der Waals surface area contributed by atoms with Crippen LogP contribution in [0, 0.1) is 11.3 Å². The molecule has 1 N–H and O–H groups in total. The summed E-state index contributed by atoms with van der Waals surface area (Å²) in [4.78, 5) is 0. The fourth-order valence-electron chi connectivity index (χ4n) is 2.87. The van der Waals surface area contributed by atoms with Crippen molar-refractivity contribution in [1.82, 2.24) is 25.5 Å². The second kappa shape index (κ2) is 6.46. The maximum atomic E-state index is 4.17. The SMILES string of the molecule is CC(C)CNCc1nnnn1CC1(C)CCCCC1. The first-order chi connectivity index (χ1) is 9.09. The molecule has 1 aliphatic carbocycles. The van der Waals surface area contributed by atoms with Crippen molar-refractivity contribution in [3.05, 3.63) is 5.82 Å². The molecule has 1 aromatic heterocycles. The first kappa shape index (κ1) is 14.4. The molecule has 0 aliphatic heterocycles. The Bertz CT molecular complexity index is 379. The Morgan fingerprint density at radius 1 is 1.26 bits per heavy atom. The molecule has 108 valence electrons. The summed E-state index contributed by atoms with van der Waals surface area (Å²) in [6.45, 7) is 9.52. The first-order valence-electron chi connectivity index (χ1n) is 7.55. The van der Waals surface area contributed by atoms with Gasteiger partial charge >= 0.3 is 0 Å². The molecular weight excluding hydrogens is 238 g/mol. The lowest BCUT2D eigenvalue weighted by Gasteiger charge is -2.33. The van der Waals surface area contributed by atoms with Crippen molar-refractivity contribution in [2.45, 2.75) is 66.0 Å². The van der Waals surface area contributed by atoms with E-state index in [0.29, 0.717) is 11.3 Å². The van der Waals surface area contributed by atoms with Gasteiger partial charge in [0.05, 0.1) is 13.1 Å². The highest BCUT2D eigenvalue weighted by Crippen LogP contribution is 2.37. The monoisotopic (exact) mass is 265 g/mol. The number of hydrogen-bond donors (Lipinski definition) is 1. The average Bonchev–Trinajstić information content (AvgIpc) is 2.76. The van der Waals surface area contributed by atoms with Gasteiger partial charge < -0.3 is 5.32 Å². The number of nitrogens with one attached hydrogen (secondary N) is 1. The van der Waals surface area contributed by atoms with Crippen LogP contribution >= 0.6 is 0 Å². The van der Waals surface area contributed by atoms with E-state index in [0.717, 1.165) is 25.5 Å². The van der Waals surface area contributed by atoms with Crippen LogP contribution in [0.1, 0.15) is 58.7 Å². The van der Waals surface area contributed by atoms with Crippen LogP contribution in [0.4, 0.5) is 0 Å². The van der Waals surface area contributed by atoms with Crippen molar-refractivity contribution < 1.29 is 0 Å². The van der Waals surface area contributed by atoms with Crippen molar-refractivity contribution in [2.75, 3.05) is 6.54 Å². The zero-order chi connectivity index (χ0) is 13.7. The van der Waals surface area contributed by atoms with Crippen LogP contribution in [0.25, 0.3) is 0 Å². The zero-order valence-corrected chi connectivity index (χ0v) is 12.5. The Balaban J connectivity index is 1.91. The Morgan fingerprint density at radius 2 is 2.00 bits per heavy atom. The molecule has 19 heavy (non-hydrogen) atoms. The van der Waals surface area contributed by atoms with Gasteiger partial charge in [-0.1, -0.05) is 40.0 Å². The predicted octanol–water partition coefficient (Wildman–Crippen LogP) is 2.39. The van der Waals surface area contributed by atoms with Crippen LogP contribution in [0.5, 0.6) is 0 Å². The molecule has 1 saturated carbocycles. The summed E-state index contributed by atoms with van der Waals surface area (Å²) in [6.07, 6.45) is 6.67. The van der Waals surface area contributed by atoms with Crippen molar-refractivity contribution in [1.29, 1.82) is 0 Å². The summed E-state index contributed by atoms with van der Waals surface area (Å²) >= 11 is 0. The van der Waals surface area contributed by atoms with Gasteiger partial charge in [0.15, 0.2) is 5.82 Å². The van der Waals surface area contributed by atoms with Gasteiger partial charge in [-0.15, -0.1) is 5.10 Å². The van der Waals surface area contributed by atoms with Gasteiger partial charge in [-0.25, -0.2) is 4.68 Å². The highest BCUT2D eigenvalue weighted by molar-refractivity contribution is 4.85. The molecule has 0 aromatic carbocycles. The van der Waals surface area contributed by atoms with Gasteiger partial charge in [0.1, 0.15) is 0 Å². The van der Waals surface area contributed by atoms with Gasteiger partial charge in [0.2, 0.25) is 0 Å². The van der Waals surface area contributed by atoms with E-state index >= 15 is 0 Å². The standard InChI is InChI=1S/C14H27N5/c1-12(2)9-15-10-13-16-17-18-19(13)11-14(3)7-5-4-6-8-14/h12,15H,4-11H2,1-3H3. The Labute approximate surface area is 116 Å². The van der Waals surface area contributed by atoms with Gasteiger partial charge in [-0.3, -0.25) is 0 Å². The molecule has 0 saturated heterocycles. The molecule has 1 aliphatic rings. The van der Waals surface area contributed by atoms with E-state index in [9.17, 15) is 0 Å². The van der Waals surface area contributed by atoms with E-state index in [2.05, 4.69) is 41.6 Å². The number of tetrazole rings is 1. The van der Waals surface area contributed by atoms with E-state index < -0.39 is 0 Å². The lowest BCUT2D eigenvalue weighted by atomic mass is 9.76. The quantitative estimate of drug-likeness (QED) is 0.858. The van der Waals surface area contributed by atoms with Crippen LogP contribution in [0.15, 0.2) is 0 Å². The Morgan fingerprint density at radius 3 is 2.68 bits per heavy atom. The number of rotatable bonds is 6. The smallest absolute Gasteiger partial charge is 0.165 e. The van der Waals surface area contributed by atoms with E-state index in [1.54, 1.807) is 0 Å². The fourth-order valence-corrected chi connectivity index (χ4v) is 2.87. The van der Waals surface area contributed by atoms with Crippen molar-refractivity contribution in [3.8, 4) is 0 Å². The van der Waals surface area contributed by atoms with E-state index in [1.165, 1.54) is 32.1 Å². The molecule has 0 unspecified atom stereocenters. The van der Waals surface area contributed by atoms with E-state index in [1.807, 2.05) is 4.68 Å². The molecule has 0 spiro atoms. The largest absolute Gasteiger partial charge is 0.310 e. The van der Waals surface area contributed by atoms with E-state index in [-0.39, 0.29) is 0 Å². The topological polar surface area (TPSA) is 55.6 Å². The van der Waals surface area contributed by atoms with Gasteiger partial charge in [0, 0.05) is 0 Å². The minimum atomic E-state index is 0.375. The molecule has 1 heterocycles. The number of aromatic nitrogens is 4. The summed E-state index contributed by atoms with van der Waals surface area (Å²) in [5.41, 5.74) is 0.375. The second-order valence-electron chi connectivity index (χ2n) is 6.65. The van der Waals surface area contributed by atoms with Gasteiger partial charge in [-0.05, 0) is 41.1 Å². The maximum absolute atomic E-state index is 4.17. The van der Waals surface area contributed by atoms with Crippen molar-refractivity contribution in [2.24, 2.45) is 11.3 Å². The van der Waals surface area contributed by atoms with Gasteiger partial charge in [0.25, 0.3) is 0 Å². The molecule has 5 nitrogen and oxygen atoms in total. The van der Waals surface area contributed by atoms with Crippen LogP contribution < -0.4 is 5.32 Å². The molecule has 0 bridgehead atoms.